The minimum Gasteiger partial charge on any atom is -0.539 e. The van der Waals surface area contributed by atoms with Gasteiger partial charge >= 0.3 is 5.97 Å². The maximum absolute atomic E-state index is 11.8. The van der Waals surface area contributed by atoms with Gasteiger partial charge in [0, 0.05) is 18.2 Å². The fraction of sp³-hybridized carbons (Fsp3) is 0.200. The van der Waals surface area contributed by atoms with Crippen LogP contribution in [0.3, 0.4) is 0 Å². The van der Waals surface area contributed by atoms with E-state index in [1.165, 1.54) is 11.8 Å². The molecule has 0 saturated heterocycles. The van der Waals surface area contributed by atoms with Crippen LogP contribution >= 0.6 is 0 Å². The topological polar surface area (TPSA) is 112 Å². The summed E-state index contributed by atoms with van der Waals surface area (Å²) in [5.41, 5.74) is 0.109. The molecular formula is C15H13N3O5. The minimum absolute atomic E-state index is 0.0697. The number of hydrogen-bond donors (Lipinski definition) is 0. The van der Waals surface area contributed by atoms with E-state index >= 15 is 0 Å². The molecular weight excluding hydrogens is 302 g/mol. The summed E-state index contributed by atoms with van der Waals surface area (Å²) in [6, 6.07) is 8.33. The third kappa shape index (κ3) is 3.47. The zero-order valence-corrected chi connectivity index (χ0v) is 12.5. The highest BCUT2D eigenvalue weighted by molar-refractivity contribution is 5.97. The Morgan fingerprint density at radius 3 is 2.74 bits per heavy atom. The van der Waals surface area contributed by atoms with Crippen molar-refractivity contribution in [2.45, 2.75) is 6.92 Å². The number of aromatic nitrogens is 2. The molecule has 0 atom stereocenters. The standard InChI is InChI=1S/C15H13N3O5/c1-3-22-14(19)10(9-16)8-13-15(20)23-17-18(13)11-4-6-12(21-2)7-5-11/h4-8H,3H2,1-2H3. The Morgan fingerprint density at radius 1 is 1.48 bits per heavy atom. The molecule has 2 aromatic rings. The summed E-state index contributed by atoms with van der Waals surface area (Å²) in [6.45, 7) is 1.73. The number of carbonyl (C=O) groups excluding carboxylic acids is 1. The number of nitriles is 1. The molecule has 0 aliphatic rings. The number of hydrogen-bond acceptors (Lipinski definition) is 7. The van der Waals surface area contributed by atoms with E-state index in [1.54, 1.807) is 37.3 Å². The van der Waals surface area contributed by atoms with Gasteiger partial charge in [0.1, 0.15) is 17.4 Å². The minimum atomic E-state index is -0.822. The first-order chi connectivity index (χ1) is 11.1. The molecule has 0 amide bonds. The second-order valence-electron chi connectivity index (χ2n) is 4.25. The second kappa shape index (κ2) is 7.09. The summed E-state index contributed by atoms with van der Waals surface area (Å²) in [5.74, 6) is -0.976. The van der Waals surface area contributed by atoms with Crippen LogP contribution in [-0.2, 0) is 9.53 Å². The Labute approximate surface area is 131 Å². The van der Waals surface area contributed by atoms with Crippen molar-refractivity contribution in [2.24, 2.45) is 0 Å². The molecule has 0 saturated carbocycles. The lowest BCUT2D eigenvalue weighted by Crippen LogP contribution is -2.35. The van der Waals surface area contributed by atoms with E-state index in [4.69, 9.17) is 14.7 Å². The van der Waals surface area contributed by atoms with Gasteiger partial charge in [-0.25, -0.2) is 4.79 Å². The Hall–Kier alpha value is -3.34. The van der Waals surface area contributed by atoms with Gasteiger partial charge in [-0.15, -0.1) is 0 Å². The van der Waals surface area contributed by atoms with Crippen LogP contribution in [0.5, 0.6) is 11.7 Å². The van der Waals surface area contributed by atoms with E-state index in [0.717, 1.165) is 6.08 Å². The molecule has 0 fully saturated rings. The summed E-state index contributed by atoms with van der Waals surface area (Å²) in [7, 11) is 1.53. The first-order valence-corrected chi connectivity index (χ1v) is 6.63. The van der Waals surface area contributed by atoms with Crippen molar-refractivity contribution in [3.8, 4) is 23.5 Å². The summed E-state index contributed by atoms with van der Waals surface area (Å²) in [5, 5.41) is 24.4. The molecule has 1 aromatic carbocycles. The summed E-state index contributed by atoms with van der Waals surface area (Å²) < 4.78 is 15.6. The molecule has 1 heterocycles. The molecule has 1 aromatic heterocycles. The van der Waals surface area contributed by atoms with Gasteiger partial charge in [-0.2, -0.15) is 5.26 Å². The number of benzene rings is 1. The van der Waals surface area contributed by atoms with Gasteiger partial charge < -0.3 is 19.1 Å². The molecule has 0 aliphatic heterocycles. The quantitative estimate of drug-likeness (QED) is 0.342. The molecule has 0 N–H and O–H groups in total. The van der Waals surface area contributed by atoms with Crippen LogP contribution < -0.4 is 14.5 Å². The molecule has 0 bridgehead atoms. The van der Waals surface area contributed by atoms with Crippen LogP contribution in [0, 0.1) is 11.3 Å². The van der Waals surface area contributed by atoms with Crippen molar-refractivity contribution in [1.29, 1.82) is 5.26 Å². The zero-order chi connectivity index (χ0) is 16.8. The predicted octanol–water partition coefficient (Wildman–Crippen LogP) is 0.504. The average molecular weight is 315 g/mol. The van der Waals surface area contributed by atoms with Crippen LogP contribution in [0.1, 0.15) is 12.6 Å². The van der Waals surface area contributed by atoms with Crippen molar-refractivity contribution in [2.75, 3.05) is 13.7 Å². The molecule has 0 aliphatic carbocycles. The lowest BCUT2D eigenvalue weighted by molar-refractivity contribution is -0.672. The normalized spacial score (nSPS) is 10.9. The van der Waals surface area contributed by atoms with Gasteiger partial charge in [0.15, 0.2) is 5.95 Å². The second-order valence-corrected chi connectivity index (χ2v) is 4.25. The Kier molecular flexibility index (Phi) is 4.94. The summed E-state index contributed by atoms with van der Waals surface area (Å²) in [4.78, 5) is 11.7. The lowest BCUT2D eigenvalue weighted by atomic mass is 10.2. The largest absolute Gasteiger partial charge is 0.539 e. The zero-order valence-electron chi connectivity index (χ0n) is 12.5. The Balaban J connectivity index is 2.45. The van der Waals surface area contributed by atoms with Crippen molar-refractivity contribution < 1.29 is 28.6 Å². The van der Waals surface area contributed by atoms with E-state index in [2.05, 4.69) is 9.79 Å². The van der Waals surface area contributed by atoms with Crippen molar-refractivity contribution in [1.82, 2.24) is 5.27 Å². The number of carbonyl (C=O) groups is 1. The first kappa shape index (κ1) is 16.0. The van der Waals surface area contributed by atoms with Gasteiger partial charge in [0.25, 0.3) is 5.69 Å². The molecule has 2 rings (SSSR count). The molecule has 23 heavy (non-hydrogen) atoms. The molecule has 8 heteroatoms. The number of ether oxygens (including phenoxy) is 2. The van der Waals surface area contributed by atoms with Crippen LogP contribution in [-0.4, -0.2) is 25.0 Å². The number of methoxy groups -OCH3 is 1. The molecule has 0 spiro atoms. The Bertz CT molecular complexity index is 771. The highest BCUT2D eigenvalue weighted by atomic mass is 16.6. The number of rotatable bonds is 5. The van der Waals surface area contributed by atoms with E-state index in [9.17, 15) is 9.90 Å². The smallest absolute Gasteiger partial charge is 0.349 e. The molecule has 118 valence electrons. The SMILES string of the molecule is CCOC(=O)/C(C#N)=C/c1c([O-])on[n+]1-c1ccc(OC)cc1. The van der Waals surface area contributed by atoms with Crippen molar-refractivity contribution in [3.63, 3.8) is 0 Å². The molecule has 0 unspecified atom stereocenters. The fourth-order valence-electron chi connectivity index (χ4n) is 1.77. The van der Waals surface area contributed by atoms with Gasteiger partial charge in [-0.1, -0.05) is 0 Å². The van der Waals surface area contributed by atoms with Crippen LogP contribution in [0.2, 0.25) is 0 Å². The van der Waals surface area contributed by atoms with Crippen LogP contribution in [0.25, 0.3) is 11.8 Å². The maximum Gasteiger partial charge on any atom is 0.349 e. The van der Waals surface area contributed by atoms with E-state index in [-0.39, 0.29) is 17.9 Å². The van der Waals surface area contributed by atoms with Crippen LogP contribution in [0.15, 0.2) is 34.4 Å². The average Bonchev–Trinajstić information content (AvgIpc) is 2.93. The van der Waals surface area contributed by atoms with Gasteiger partial charge in [-0.3, -0.25) is 0 Å². The third-order valence-electron chi connectivity index (χ3n) is 2.86. The summed E-state index contributed by atoms with van der Waals surface area (Å²) in [6.07, 6.45) is 1.08. The monoisotopic (exact) mass is 315 g/mol. The Morgan fingerprint density at radius 2 is 2.17 bits per heavy atom. The third-order valence-corrected chi connectivity index (χ3v) is 2.86. The van der Waals surface area contributed by atoms with E-state index in [1.807, 2.05) is 0 Å². The van der Waals surface area contributed by atoms with Crippen LogP contribution in [0.4, 0.5) is 0 Å². The molecule has 0 radical (unpaired) electrons. The highest BCUT2D eigenvalue weighted by Crippen LogP contribution is 2.17. The van der Waals surface area contributed by atoms with Gasteiger partial charge in [0.05, 0.1) is 19.0 Å². The van der Waals surface area contributed by atoms with Gasteiger partial charge in [-0.05, 0) is 23.7 Å². The highest BCUT2D eigenvalue weighted by Gasteiger charge is 2.21. The maximum atomic E-state index is 11.8. The first-order valence-electron chi connectivity index (χ1n) is 6.63. The predicted molar refractivity (Wildman–Crippen MR) is 74.3 cm³/mol. The number of esters is 1. The van der Waals surface area contributed by atoms with E-state index < -0.39 is 11.9 Å². The van der Waals surface area contributed by atoms with Crippen molar-refractivity contribution >= 4 is 12.0 Å². The van der Waals surface area contributed by atoms with E-state index in [0.29, 0.717) is 11.4 Å². The fourth-order valence-corrected chi connectivity index (χ4v) is 1.77. The lowest BCUT2D eigenvalue weighted by Gasteiger charge is -1.99. The van der Waals surface area contributed by atoms with Crippen molar-refractivity contribution in [3.05, 3.63) is 35.5 Å². The molecule has 8 nitrogen and oxygen atoms in total. The summed E-state index contributed by atoms with van der Waals surface area (Å²) >= 11 is 0. The number of nitrogens with zero attached hydrogens (tertiary/aromatic N) is 3. The van der Waals surface area contributed by atoms with Gasteiger partial charge in [0.2, 0.25) is 5.69 Å².